The number of piperidine rings is 1. The molecule has 3 amide bonds. The number of furan rings is 1. The van der Waals surface area contributed by atoms with Gasteiger partial charge in [0.05, 0.1) is 17.1 Å². The number of carbonyl (C=O) groups excluding carboxylic acids is 3. The van der Waals surface area contributed by atoms with Crippen LogP contribution in [0.1, 0.15) is 50.4 Å². The minimum absolute atomic E-state index is 0.220. The van der Waals surface area contributed by atoms with Gasteiger partial charge in [-0.25, -0.2) is 0 Å². The monoisotopic (exact) mass is 389 g/mol. The average molecular weight is 389 g/mol. The number of nitrogens with one attached hydrogen (secondary N) is 2. The number of rotatable bonds is 4. The lowest BCUT2D eigenvalue weighted by Gasteiger charge is -2.31. The van der Waals surface area contributed by atoms with Gasteiger partial charge in [-0.05, 0) is 49.9 Å². The number of likely N-dealkylation sites (tertiary alicyclic amines) is 1. The summed E-state index contributed by atoms with van der Waals surface area (Å²) < 4.78 is 5.15. The number of hydrazine groups is 1. The highest BCUT2D eigenvalue weighted by Gasteiger charge is 2.30. The molecule has 2 aromatic heterocycles. The summed E-state index contributed by atoms with van der Waals surface area (Å²) in [5.74, 6) is -0.930. The third kappa shape index (κ3) is 4.39. The SMILES string of the molecule is CCc1sc(C(=O)NNC(=O)[C@@H]2CCCN(C(=O)c3ccco3)C2)cc1C. The largest absolute Gasteiger partial charge is 0.459 e. The molecule has 0 aliphatic carbocycles. The highest BCUT2D eigenvalue weighted by molar-refractivity contribution is 7.14. The van der Waals surface area contributed by atoms with E-state index in [4.69, 9.17) is 4.42 Å². The minimum atomic E-state index is -0.366. The summed E-state index contributed by atoms with van der Waals surface area (Å²) in [4.78, 5) is 40.4. The van der Waals surface area contributed by atoms with Crippen LogP contribution in [0.5, 0.6) is 0 Å². The van der Waals surface area contributed by atoms with E-state index in [1.807, 2.05) is 19.9 Å². The number of hydrogen-bond donors (Lipinski definition) is 2. The quantitative estimate of drug-likeness (QED) is 0.786. The summed E-state index contributed by atoms with van der Waals surface area (Å²) >= 11 is 1.43. The highest BCUT2D eigenvalue weighted by Crippen LogP contribution is 2.22. The predicted molar refractivity (Wildman–Crippen MR) is 101 cm³/mol. The van der Waals surface area contributed by atoms with Crippen molar-refractivity contribution in [2.75, 3.05) is 13.1 Å². The summed E-state index contributed by atoms with van der Waals surface area (Å²) in [6.07, 6.45) is 3.72. The first-order valence-corrected chi connectivity index (χ1v) is 9.83. The van der Waals surface area contributed by atoms with Gasteiger partial charge in [0, 0.05) is 18.0 Å². The van der Waals surface area contributed by atoms with E-state index in [2.05, 4.69) is 10.9 Å². The van der Waals surface area contributed by atoms with Crippen LogP contribution in [-0.2, 0) is 11.2 Å². The van der Waals surface area contributed by atoms with Gasteiger partial charge in [0.25, 0.3) is 11.8 Å². The number of amides is 3. The molecule has 27 heavy (non-hydrogen) atoms. The predicted octanol–water partition coefficient (Wildman–Crippen LogP) is 2.53. The first kappa shape index (κ1) is 19.2. The van der Waals surface area contributed by atoms with Crippen molar-refractivity contribution < 1.29 is 18.8 Å². The fourth-order valence-corrected chi connectivity index (χ4v) is 4.21. The molecule has 0 bridgehead atoms. The van der Waals surface area contributed by atoms with Crippen molar-refractivity contribution in [2.24, 2.45) is 5.92 Å². The molecule has 2 N–H and O–H groups in total. The molecule has 8 heteroatoms. The van der Waals surface area contributed by atoms with Gasteiger partial charge in [-0.1, -0.05) is 6.92 Å². The molecule has 0 saturated carbocycles. The molecule has 1 saturated heterocycles. The van der Waals surface area contributed by atoms with E-state index in [0.29, 0.717) is 24.4 Å². The molecule has 3 heterocycles. The second-order valence-corrected chi connectivity index (χ2v) is 7.72. The first-order valence-electron chi connectivity index (χ1n) is 9.02. The standard InChI is InChI=1S/C19H23N3O4S/c1-3-15-12(2)10-16(27-15)18(24)21-20-17(23)13-6-4-8-22(11-13)19(25)14-7-5-9-26-14/h5,7,9-10,13H,3-4,6,8,11H2,1-2H3,(H,20,23)(H,21,24)/t13-/m1/s1. The topological polar surface area (TPSA) is 91.7 Å². The van der Waals surface area contributed by atoms with Gasteiger partial charge in [-0.15, -0.1) is 11.3 Å². The Morgan fingerprint density at radius 1 is 1.33 bits per heavy atom. The Morgan fingerprint density at radius 3 is 2.81 bits per heavy atom. The fourth-order valence-electron chi connectivity index (χ4n) is 3.20. The second kappa shape index (κ2) is 8.39. The minimum Gasteiger partial charge on any atom is -0.459 e. The van der Waals surface area contributed by atoms with Crippen LogP contribution in [0, 0.1) is 12.8 Å². The number of nitrogens with zero attached hydrogens (tertiary/aromatic N) is 1. The van der Waals surface area contributed by atoms with Gasteiger partial charge in [-0.2, -0.15) is 0 Å². The third-order valence-electron chi connectivity index (χ3n) is 4.68. The van der Waals surface area contributed by atoms with Gasteiger partial charge < -0.3 is 9.32 Å². The first-order chi connectivity index (χ1) is 13.0. The lowest BCUT2D eigenvalue weighted by Crippen LogP contribution is -2.49. The van der Waals surface area contributed by atoms with Crippen molar-refractivity contribution in [3.63, 3.8) is 0 Å². The van der Waals surface area contributed by atoms with Crippen molar-refractivity contribution in [3.05, 3.63) is 45.5 Å². The zero-order chi connectivity index (χ0) is 19.4. The smallest absolute Gasteiger partial charge is 0.289 e. The lowest BCUT2D eigenvalue weighted by atomic mass is 9.97. The molecule has 0 aromatic carbocycles. The summed E-state index contributed by atoms with van der Waals surface area (Å²) in [5, 5.41) is 0. The van der Waals surface area contributed by atoms with Crippen LogP contribution in [0.3, 0.4) is 0 Å². The molecule has 1 fully saturated rings. The number of hydrogen-bond acceptors (Lipinski definition) is 5. The molecule has 7 nitrogen and oxygen atoms in total. The third-order valence-corrected chi connectivity index (χ3v) is 6.06. The molecule has 1 atom stereocenters. The molecule has 1 aliphatic heterocycles. The van der Waals surface area contributed by atoms with Crippen molar-refractivity contribution in [2.45, 2.75) is 33.1 Å². The van der Waals surface area contributed by atoms with Gasteiger partial charge in [0.1, 0.15) is 0 Å². The van der Waals surface area contributed by atoms with Crippen LogP contribution in [0.25, 0.3) is 0 Å². The van der Waals surface area contributed by atoms with Gasteiger partial charge in [0.2, 0.25) is 5.91 Å². The van der Waals surface area contributed by atoms with Crippen LogP contribution >= 0.6 is 11.3 Å². The second-order valence-electron chi connectivity index (χ2n) is 6.58. The van der Waals surface area contributed by atoms with Crippen LogP contribution in [0.4, 0.5) is 0 Å². The van der Waals surface area contributed by atoms with E-state index < -0.39 is 0 Å². The van der Waals surface area contributed by atoms with Gasteiger partial charge in [-0.3, -0.25) is 25.2 Å². The summed E-state index contributed by atoms with van der Waals surface area (Å²) in [5.41, 5.74) is 6.06. The average Bonchev–Trinajstić information content (AvgIpc) is 3.35. The molecular weight excluding hydrogens is 366 g/mol. The zero-order valence-electron chi connectivity index (χ0n) is 15.4. The van der Waals surface area contributed by atoms with Gasteiger partial charge >= 0.3 is 0 Å². The maximum atomic E-state index is 12.4. The Kier molecular flexibility index (Phi) is 5.95. The molecule has 144 valence electrons. The van der Waals surface area contributed by atoms with E-state index in [1.165, 1.54) is 17.6 Å². The van der Waals surface area contributed by atoms with Crippen LogP contribution in [0.2, 0.25) is 0 Å². The fraction of sp³-hybridized carbons (Fsp3) is 0.421. The molecule has 3 rings (SSSR count). The Balaban J connectivity index is 1.54. The Labute approximate surface area is 161 Å². The summed E-state index contributed by atoms with van der Waals surface area (Å²) in [7, 11) is 0. The molecule has 0 radical (unpaired) electrons. The number of aryl methyl sites for hydroxylation is 2. The molecule has 2 aromatic rings. The van der Waals surface area contributed by atoms with E-state index in [9.17, 15) is 14.4 Å². The van der Waals surface area contributed by atoms with Crippen molar-refractivity contribution in [1.82, 2.24) is 15.8 Å². The van der Waals surface area contributed by atoms with Crippen molar-refractivity contribution in [3.8, 4) is 0 Å². The normalized spacial score (nSPS) is 16.8. The highest BCUT2D eigenvalue weighted by atomic mass is 32.1. The maximum absolute atomic E-state index is 12.4. The van der Waals surface area contributed by atoms with E-state index in [0.717, 1.165) is 23.3 Å². The van der Waals surface area contributed by atoms with Crippen molar-refractivity contribution in [1.29, 1.82) is 0 Å². The van der Waals surface area contributed by atoms with Gasteiger partial charge in [0.15, 0.2) is 5.76 Å². The molecule has 1 aliphatic rings. The van der Waals surface area contributed by atoms with Crippen LogP contribution in [0.15, 0.2) is 28.9 Å². The van der Waals surface area contributed by atoms with Crippen LogP contribution in [-0.4, -0.2) is 35.7 Å². The Morgan fingerprint density at radius 2 is 2.15 bits per heavy atom. The zero-order valence-corrected chi connectivity index (χ0v) is 16.2. The Bertz CT molecular complexity index is 828. The molecular formula is C19H23N3O4S. The maximum Gasteiger partial charge on any atom is 0.289 e. The van der Waals surface area contributed by atoms with E-state index in [-0.39, 0.29) is 29.4 Å². The summed E-state index contributed by atoms with van der Waals surface area (Å²) in [6.45, 7) is 4.90. The number of carbonyl (C=O) groups is 3. The summed E-state index contributed by atoms with van der Waals surface area (Å²) in [6, 6.07) is 5.10. The molecule has 0 spiro atoms. The van der Waals surface area contributed by atoms with E-state index in [1.54, 1.807) is 17.0 Å². The Hall–Kier alpha value is -2.61. The molecule has 0 unspecified atom stereocenters. The van der Waals surface area contributed by atoms with Crippen molar-refractivity contribution >= 4 is 29.1 Å². The van der Waals surface area contributed by atoms with E-state index >= 15 is 0 Å². The number of thiophene rings is 1. The lowest BCUT2D eigenvalue weighted by molar-refractivity contribution is -0.127. The van der Waals surface area contributed by atoms with Crippen LogP contribution < -0.4 is 10.9 Å².